The molecule has 2 heterocycles. The van der Waals surface area contributed by atoms with E-state index in [-0.39, 0.29) is 0 Å². The number of aromatic nitrogens is 3. The van der Waals surface area contributed by atoms with Gasteiger partial charge in [0.05, 0.1) is 23.9 Å². The molecule has 1 N–H and O–H groups in total. The highest BCUT2D eigenvalue weighted by Gasteiger charge is 2.12. The third-order valence-electron chi connectivity index (χ3n) is 2.94. The average molecular weight is 264 g/mol. The molecule has 0 aliphatic carbocycles. The molecule has 2 aromatic rings. The highest BCUT2D eigenvalue weighted by Crippen LogP contribution is 2.25. The molecular formula is C13H20N4S. The van der Waals surface area contributed by atoms with E-state index in [2.05, 4.69) is 41.0 Å². The lowest BCUT2D eigenvalue weighted by Crippen LogP contribution is -2.19. The van der Waals surface area contributed by atoms with E-state index in [9.17, 15) is 0 Å². The number of aryl methyl sites for hydroxylation is 1. The Kier molecular flexibility index (Phi) is 4.49. The van der Waals surface area contributed by atoms with Gasteiger partial charge in [-0.3, -0.25) is 0 Å². The summed E-state index contributed by atoms with van der Waals surface area (Å²) < 4.78 is 2.12. The lowest BCUT2D eigenvalue weighted by molar-refractivity contribution is 0.561. The van der Waals surface area contributed by atoms with Gasteiger partial charge in [0.25, 0.3) is 0 Å². The molecule has 0 saturated heterocycles. The van der Waals surface area contributed by atoms with E-state index in [4.69, 9.17) is 4.98 Å². The third kappa shape index (κ3) is 2.79. The van der Waals surface area contributed by atoms with Gasteiger partial charge >= 0.3 is 0 Å². The molecule has 5 heteroatoms. The van der Waals surface area contributed by atoms with Gasteiger partial charge in [0.1, 0.15) is 5.01 Å². The second-order valence-electron chi connectivity index (χ2n) is 4.32. The Hall–Kier alpha value is -1.20. The van der Waals surface area contributed by atoms with Crippen molar-refractivity contribution < 1.29 is 0 Å². The van der Waals surface area contributed by atoms with Crippen molar-refractivity contribution in [3.8, 4) is 10.7 Å². The number of hydrogen-bond acceptors (Lipinski definition) is 4. The topological polar surface area (TPSA) is 42.7 Å². The van der Waals surface area contributed by atoms with Crippen LogP contribution < -0.4 is 5.32 Å². The van der Waals surface area contributed by atoms with Gasteiger partial charge in [0.2, 0.25) is 0 Å². The molecule has 1 atom stereocenters. The molecule has 0 spiro atoms. The Morgan fingerprint density at radius 2 is 2.28 bits per heavy atom. The molecule has 2 rings (SSSR count). The van der Waals surface area contributed by atoms with E-state index in [1.165, 1.54) is 0 Å². The van der Waals surface area contributed by atoms with E-state index in [0.717, 1.165) is 35.9 Å². The number of thiazole rings is 1. The van der Waals surface area contributed by atoms with E-state index in [1.807, 2.05) is 12.5 Å². The predicted octanol–water partition coefficient (Wildman–Crippen LogP) is 3.09. The molecule has 0 saturated carbocycles. The van der Waals surface area contributed by atoms with E-state index in [0.29, 0.717) is 6.04 Å². The molecule has 0 aromatic carbocycles. The molecule has 0 fully saturated rings. The summed E-state index contributed by atoms with van der Waals surface area (Å²) in [6.07, 6.45) is 4.88. The first-order valence-corrected chi connectivity index (χ1v) is 7.33. The van der Waals surface area contributed by atoms with Crippen LogP contribution in [0.1, 0.15) is 38.9 Å². The van der Waals surface area contributed by atoms with Crippen LogP contribution in [-0.4, -0.2) is 21.1 Å². The first-order chi connectivity index (χ1) is 8.76. The minimum Gasteiger partial charge on any atom is -0.329 e. The van der Waals surface area contributed by atoms with E-state index < -0.39 is 0 Å². The quantitative estimate of drug-likeness (QED) is 0.872. The van der Waals surface area contributed by atoms with E-state index >= 15 is 0 Å². The minimum absolute atomic E-state index is 0.313. The fourth-order valence-electron chi connectivity index (χ4n) is 1.82. The van der Waals surface area contributed by atoms with Crippen molar-refractivity contribution in [1.29, 1.82) is 0 Å². The third-order valence-corrected chi connectivity index (χ3v) is 3.82. The van der Waals surface area contributed by atoms with Crippen molar-refractivity contribution in [2.24, 2.45) is 0 Å². The maximum atomic E-state index is 4.71. The van der Waals surface area contributed by atoms with Gasteiger partial charge < -0.3 is 9.88 Å². The molecule has 18 heavy (non-hydrogen) atoms. The molecule has 2 aromatic heterocycles. The average Bonchev–Trinajstić information content (AvgIpc) is 3.02. The molecule has 1 unspecified atom stereocenters. The number of rotatable bonds is 6. The maximum absolute atomic E-state index is 4.71. The molecule has 0 radical (unpaired) electrons. The summed E-state index contributed by atoms with van der Waals surface area (Å²) in [5.74, 6) is 0. The van der Waals surface area contributed by atoms with Gasteiger partial charge in [-0.05, 0) is 26.8 Å². The fraction of sp³-hybridized carbons (Fsp3) is 0.538. The summed E-state index contributed by atoms with van der Waals surface area (Å²) in [6, 6.07) is 0.313. The van der Waals surface area contributed by atoms with Crippen LogP contribution in [0.25, 0.3) is 10.7 Å². The molecular weight excluding hydrogens is 244 g/mol. The normalized spacial score (nSPS) is 12.8. The lowest BCUT2D eigenvalue weighted by Gasteiger charge is -2.09. The molecule has 0 amide bonds. The molecule has 0 bridgehead atoms. The van der Waals surface area contributed by atoms with E-state index in [1.54, 1.807) is 11.3 Å². The van der Waals surface area contributed by atoms with Crippen molar-refractivity contribution in [2.45, 2.75) is 39.8 Å². The zero-order chi connectivity index (χ0) is 13.0. The molecule has 4 nitrogen and oxygen atoms in total. The summed E-state index contributed by atoms with van der Waals surface area (Å²) >= 11 is 1.69. The summed E-state index contributed by atoms with van der Waals surface area (Å²) in [6.45, 7) is 8.40. The standard InChI is InChI=1S/C13H20N4S/c1-4-6-15-10(3)11-8-18-13(16-11)12-7-14-9-17(12)5-2/h7-10,15H,4-6H2,1-3H3. The van der Waals surface area contributed by atoms with Crippen LogP contribution in [0.2, 0.25) is 0 Å². The van der Waals surface area contributed by atoms with Crippen molar-refractivity contribution in [3.63, 3.8) is 0 Å². The minimum atomic E-state index is 0.313. The Morgan fingerprint density at radius 1 is 1.44 bits per heavy atom. The number of nitrogens with zero attached hydrogens (tertiary/aromatic N) is 3. The zero-order valence-electron chi connectivity index (χ0n) is 11.2. The number of imidazole rings is 1. The first-order valence-electron chi connectivity index (χ1n) is 6.45. The van der Waals surface area contributed by atoms with Gasteiger partial charge in [-0.15, -0.1) is 11.3 Å². The largest absolute Gasteiger partial charge is 0.329 e. The summed E-state index contributed by atoms with van der Waals surface area (Å²) in [5, 5.41) is 6.64. The van der Waals surface area contributed by atoms with Crippen LogP contribution in [0, 0.1) is 0 Å². The Balaban J connectivity index is 2.15. The highest BCUT2D eigenvalue weighted by atomic mass is 32.1. The zero-order valence-corrected chi connectivity index (χ0v) is 12.0. The Labute approximate surface area is 112 Å². The summed E-state index contributed by atoms with van der Waals surface area (Å²) in [7, 11) is 0. The van der Waals surface area contributed by atoms with Gasteiger partial charge in [-0.2, -0.15) is 0 Å². The Morgan fingerprint density at radius 3 is 3.00 bits per heavy atom. The number of hydrogen-bond donors (Lipinski definition) is 1. The van der Waals surface area contributed by atoms with Gasteiger partial charge in [-0.1, -0.05) is 6.92 Å². The number of nitrogens with one attached hydrogen (secondary N) is 1. The van der Waals surface area contributed by atoms with Crippen molar-refractivity contribution in [3.05, 3.63) is 23.6 Å². The monoisotopic (exact) mass is 264 g/mol. The summed E-state index contributed by atoms with van der Waals surface area (Å²) in [5.41, 5.74) is 2.23. The second-order valence-corrected chi connectivity index (χ2v) is 5.18. The van der Waals surface area contributed by atoms with Crippen LogP contribution >= 0.6 is 11.3 Å². The first kappa shape index (κ1) is 13.2. The second kappa shape index (κ2) is 6.11. The van der Waals surface area contributed by atoms with Gasteiger partial charge in [0, 0.05) is 18.0 Å². The van der Waals surface area contributed by atoms with Gasteiger partial charge in [-0.25, -0.2) is 9.97 Å². The van der Waals surface area contributed by atoms with Gasteiger partial charge in [0.15, 0.2) is 0 Å². The van der Waals surface area contributed by atoms with Crippen LogP contribution in [0.3, 0.4) is 0 Å². The molecule has 98 valence electrons. The fourth-order valence-corrected chi connectivity index (χ4v) is 2.76. The van der Waals surface area contributed by atoms with Crippen molar-refractivity contribution >= 4 is 11.3 Å². The SMILES string of the molecule is CCCNC(C)c1csc(-c2cncn2CC)n1. The van der Waals surface area contributed by atoms with Crippen LogP contribution in [0.5, 0.6) is 0 Å². The summed E-state index contributed by atoms with van der Waals surface area (Å²) in [4.78, 5) is 8.90. The van der Waals surface area contributed by atoms with Crippen LogP contribution in [0.4, 0.5) is 0 Å². The highest BCUT2D eigenvalue weighted by molar-refractivity contribution is 7.13. The van der Waals surface area contributed by atoms with Crippen molar-refractivity contribution in [2.75, 3.05) is 6.54 Å². The maximum Gasteiger partial charge on any atom is 0.141 e. The molecule has 0 aliphatic rings. The van der Waals surface area contributed by atoms with Crippen LogP contribution in [-0.2, 0) is 6.54 Å². The van der Waals surface area contributed by atoms with Crippen LogP contribution in [0.15, 0.2) is 17.9 Å². The molecule has 0 aliphatic heterocycles. The smallest absolute Gasteiger partial charge is 0.141 e. The predicted molar refractivity (Wildman–Crippen MR) is 75.7 cm³/mol. The van der Waals surface area contributed by atoms with Crippen molar-refractivity contribution in [1.82, 2.24) is 19.9 Å². The Bertz CT molecular complexity index is 489. The lowest BCUT2D eigenvalue weighted by atomic mass is 10.2.